The monoisotopic (exact) mass is 341 g/mol. The minimum atomic E-state index is -0.166. The molecule has 7 heteroatoms. The molecule has 0 aliphatic carbocycles. The van der Waals surface area contributed by atoms with E-state index >= 15 is 0 Å². The molecule has 0 aromatic rings. The van der Waals surface area contributed by atoms with E-state index < -0.39 is 0 Å². The van der Waals surface area contributed by atoms with E-state index in [4.69, 9.17) is 9.47 Å². The van der Waals surface area contributed by atoms with Crippen LogP contribution >= 0.6 is 0 Å². The Morgan fingerprint density at radius 3 is 2.50 bits per heavy atom. The highest BCUT2D eigenvalue weighted by molar-refractivity contribution is 5.81. The summed E-state index contributed by atoms with van der Waals surface area (Å²) in [6, 6.07) is -0.0239. The zero-order chi connectivity index (χ0) is 17.5. The average molecular weight is 341 g/mol. The van der Waals surface area contributed by atoms with Crippen LogP contribution in [0.25, 0.3) is 0 Å². The summed E-state index contributed by atoms with van der Waals surface area (Å²) in [6.07, 6.45) is 2.24. The fraction of sp³-hybridized carbons (Fsp3) is 0.882. The van der Waals surface area contributed by atoms with E-state index in [1.54, 1.807) is 0 Å². The topological polar surface area (TPSA) is 71.1 Å². The highest BCUT2D eigenvalue weighted by atomic mass is 16.5. The molecule has 0 aromatic carbocycles. The first-order valence-electron chi connectivity index (χ1n) is 8.99. The first-order chi connectivity index (χ1) is 11.5. The van der Waals surface area contributed by atoms with Crippen LogP contribution in [-0.4, -0.2) is 85.8 Å². The van der Waals surface area contributed by atoms with Crippen LogP contribution in [0, 0.1) is 0 Å². The van der Waals surface area contributed by atoms with Gasteiger partial charge < -0.3 is 19.7 Å². The van der Waals surface area contributed by atoms with E-state index in [0.29, 0.717) is 32.8 Å². The normalized spacial score (nSPS) is 23.5. The number of hydrogen-bond acceptors (Lipinski definition) is 5. The number of nitrogens with zero attached hydrogens (tertiary/aromatic N) is 2. The Morgan fingerprint density at radius 2 is 1.92 bits per heavy atom. The van der Waals surface area contributed by atoms with Gasteiger partial charge in [0.2, 0.25) is 11.8 Å². The van der Waals surface area contributed by atoms with Crippen molar-refractivity contribution in [1.29, 1.82) is 0 Å². The highest BCUT2D eigenvalue weighted by Gasteiger charge is 2.27. The molecular formula is C17H31N3O4. The Morgan fingerprint density at radius 1 is 1.21 bits per heavy atom. The lowest BCUT2D eigenvalue weighted by molar-refractivity contribution is -0.139. The number of amides is 2. The van der Waals surface area contributed by atoms with Crippen molar-refractivity contribution in [3.8, 4) is 0 Å². The maximum Gasteiger partial charge on any atom is 0.248 e. The first-order valence-corrected chi connectivity index (χ1v) is 8.99. The molecule has 1 N–H and O–H groups in total. The van der Waals surface area contributed by atoms with Crippen molar-refractivity contribution in [3.05, 3.63) is 0 Å². The van der Waals surface area contributed by atoms with E-state index in [1.807, 2.05) is 25.7 Å². The summed E-state index contributed by atoms with van der Waals surface area (Å²) in [5, 5.41) is 2.94. The lowest BCUT2D eigenvalue weighted by Crippen LogP contribution is -2.56. The van der Waals surface area contributed by atoms with Crippen LogP contribution in [0.1, 0.15) is 33.6 Å². The van der Waals surface area contributed by atoms with Gasteiger partial charge in [0.1, 0.15) is 6.61 Å². The quantitative estimate of drug-likeness (QED) is 0.718. The largest absolute Gasteiger partial charge is 0.376 e. The van der Waals surface area contributed by atoms with Crippen LogP contribution in [0.3, 0.4) is 0 Å². The molecule has 2 saturated heterocycles. The maximum atomic E-state index is 12.2. The summed E-state index contributed by atoms with van der Waals surface area (Å²) >= 11 is 0. The van der Waals surface area contributed by atoms with E-state index in [0.717, 1.165) is 19.4 Å². The molecule has 7 nitrogen and oxygen atoms in total. The molecular weight excluding hydrogens is 310 g/mol. The second-order valence-corrected chi connectivity index (χ2v) is 6.91. The standard InChI is InChI=1S/C17H31N3O4/c1-13(2)18-17(22)14(3)19-6-8-20(9-7-19)16(21)12-23-11-15-5-4-10-24-15/h13-15H,4-12H2,1-3H3,(H,18,22)/t14-,15+/m0/s1. The van der Waals surface area contributed by atoms with Gasteiger partial charge in [0.15, 0.2) is 0 Å². The molecule has 0 saturated carbocycles. The molecule has 2 rings (SSSR count). The Balaban J connectivity index is 1.65. The van der Waals surface area contributed by atoms with Crippen molar-refractivity contribution in [3.63, 3.8) is 0 Å². The summed E-state index contributed by atoms with van der Waals surface area (Å²) in [5.41, 5.74) is 0. The number of carbonyl (C=O) groups excluding carboxylic acids is 2. The predicted octanol–water partition coefficient (Wildman–Crippen LogP) is 0.239. The van der Waals surface area contributed by atoms with E-state index in [-0.39, 0.29) is 36.6 Å². The summed E-state index contributed by atoms with van der Waals surface area (Å²) in [5.74, 6) is 0.0663. The average Bonchev–Trinajstić information content (AvgIpc) is 3.07. The second kappa shape index (κ2) is 9.34. The summed E-state index contributed by atoms with van der Waals surface area (Å²) in [7, 11) is 0. The van der Waals surface area contributed by atoms with Gasteiger partial charge in [0.25, 0.3) is 0 Å². The van der Waals surface area contributed by atoms with Crippen molar-refractivity contribution in [1.82, 2.24) is 15.1 Å². The van der Waals surface area contributed by atoms with Crippen LogP contribution in [0.15, 0.2) is 0 Å². The van der Waals surface area contributed by atoms with Crippen LogP contribution in [0.2, 0.25) is 0 Å². The van der Waals surface area contributed by atoms with Crippen molar-refractivity contribution >= 4 is 11.8 Å². The summed E-state index contributed by atoms with van der Waals surface area (Å²) < 4.78 is 11.0. The molecule has 2 aliphatic rings. The highest BCUT2D eigenvalue weighted by Crippen LogP contribution is 2.12. The minimum absolute atomic E-state index is 0.0203. The minimum Gasteiger partial charge on any atom is -0.376 e. The number of hydrogen-bond donors (Lipinski definition) is 1. The number of piperazine rings is 1. The molecule has 0 unspecified atom stereocenters. The SMILES string of the molecule is CC(C)NC(=O)[C@H](C)N1CCN(C(=O)COC[C@H]2CCCO2)CC1. The smallest absolute Gasteiger partial charge is 0.248 e. The number of ether oxygens (including phenoxy) is 2. The first kappa shape index (κ1) is 19.1. The molecule has 2 aliphatic heterocycles. The summed E-state index contributed by atoms with van der Waals surface area (Å²) in [6.45, 7) is 9.95. The van der Waals surface area contributed by atoms with Gasteiger partial charge in [-0.3, -0.25) is 14.5 Å². The molecule has 2 heterocycles. The zero-order valence-corrected chi connectivity index (χ0v) is 15.1. The molecule has 2 fully saturated rings. The molecule has 24 heavy (non-hydrogen) atoms. The molecule has 138 valence electrons. The van der Waals surface area contributed by atoms with Gasteiger partial charge in [-0.25, -0.2) is 0 Å². The van der Waals surface area contributed by atoms with Crippen LogP contribution < -0.4 is 5.32 Å². The number of carbonyl (C=O) groups is 2. The van der Waals surface area contributed by atoms with E-state index in [9.17, 15) is 9.59 Å². The van der Waals surface area contributed by atoms with Crippen LogP contribution in [0.4, 0.5) is 0 Å². The van der Waals surface area contributed by atoms with Gasteiger partial charge in [-0.05, 0) is 33.6 Å². The molecule has 2 amide bonds. The third-order valence-corrected chi connectivity index (χ3v) is 4.58. The Bertz CT molecular complexity index is 416. The molecule has 0 bridgehead atoms. The zero-order valence-electron chi connectivity index (χ0n) is 15.1. The molecule has 0 radical (unpaired) electrons. The van der Waals surface area contributed by atoms with Gasteiger partial charge >= 0.3 is 0 Å². The van der Waals surface area contributed by atoms with Gasteiger partial charge in [-0.15, -0.1) is 0 Å². The van der Waals surface area contributed by atoms with Crippen LogP contribution in [-0.2, 0) is 19.1 Å². The van der Waals surface area contributed by atoms with Gasteiger partial charge in [-0.2, -0.15) is 0 Å². The fourth-order valence-corrected chi connectivity index (χ4v) is 3.07. The van der Waals surface area contributed by atoms with E-state index in [2.05, 4.69) is 10.2 Å². The Labute approximate surface area is 144 Å². The second-order valence-electron chi connectivity index (χ2n) is 6.91. The number of rotatable bonds is 7. The van der Waals surface area contributed by atoms with Crippen molar-refractivity contribution in [2.45, 2.75) is 51.8 Å². The summed E-state index contributed by atoms with van der Waals surface area (Å²) in [4.78, 5) is 28.2. The predicted molar refractivity (Wildman–Crippen MR) is 90.7 cm³/mol. The Hall–Kier alpha value is -1.18. The van der Waals surface area contributed by atoms with Crippen molar-refractivity contribution < 1.29 is 19.1 Å². The lowest BCUT2D eigenvalue weighted by atomic mass is 10.2. The van der Waals surface area contributed by atoms with E-state index in [1.165, 1.54) is 0 Å². The van der Waals surface area contributed by atoms with Crippen molar-refractivity contribution in [2.75, 3.05) is 46.0 Å². The van der Waals surface area contributed by atoms with Gasteiger partial charge in [-0.1, -0.05) is 0 Å². The van der Waals surface area contributed by atoms with Gasteiger partial charge in [0.05, 0.1) is 18.8 Å². The molecule has 2 atom stereocenters. The number of nitrogens with one attached hydrogen (secondary N) is 1. The lowest BCUT2D eigenvalue weighted by Gasteiger charge is -2.37. The van der Waals surface area contributed by atoms with Crippen molar-refractivity contribution in [2.24, 2.45) is 0 Å². The fourth-order valence-electron chi connectivity index (χ4n) is 3.07. The molecule has 0 aromatic heterocycles. The molecule has 0 spiro atoms. The maximum absolute atomic E-state index is 12.2. The Kier molecular flexibility index (Phi) is 7.45. The van der Waals surface area contributed by atoms with Crippen LogP contribution in [0.5, 0.6) is 0 Å². The third-order valence-electron chi connectivity index (χ3n) is 4.58. The van der Waals surface area contributed by atoms with Gasteiger partial charge in [0, 0.05) is 38.8 Å². The third kappa shape index (κ3) is 5.72.